The number of methoxy groups -OCH3 is 1. The fourth-order valence-corrected chi connectivity index (χ4v) is 1.66. The summed E-state index contributed by atoms with van der Waals surface area (Å²) in [6, 6.07) is 5.72. The van der Waals surface area contributed by atoms with Crippen LogP contribution in [0.25, 0.3) is 6.08 Å². The summed E-state index contributed by atoms with van der Waals surface area (Å²) < 4.78 is 11.0. The van der Waals surface area contributed by atoms with Gasteiger partial charge in [0, 0.05) is 10.0 Å². The van der Waals surface area contributed by atoms with Crippen LogP contribution in [0.5, 0.6) is 5.75 Å². The maximum Gasteiger partial charge on any atom is 0.309 e. The van der Waals surface area contributed by atoms with E-state index >= 15 is 0 Å². The van der Waals surface area contributed by atoms with Crippen molar-refractivity contribution >= 4 is 28.0 Å². The van der Waals surface area contributed by atoms with E-state index in [0.717, 1.165) is 15.8 Å². The van der Waals surface area contributed by atoms with Gasteiger partial charge < -0.3 is 9.47 Å². The maximum absolute atomic E-state index is 11.1. The predicted molar refractivity (Wildman–Crippen MR) is 71.0 cm³/mol. The van der Waals surface area contributed by atoms with Gasteiger partial charge in [0.25, 0.3) is 0 Å². The first-order valence-electron chi connectivity index (χ1n) is 5.33. The van der Waals surface area contributed by atoms with Crippen molar-refractivity contribution in [3.8, 4) is 5.75 Å². The Labute approximate surface area is 110 Å². The molecule has 1 rings (SSSR count). The second kappa shape index (κ2) is 7.12. The maximum atomic E-state index is 11.1. The Balaban J connectivity index is 2.67. The lowest BCUT2D eigenvalue weighted by Crippen LogP contribution is -2.01. The standard InChI is InChI=1S/C13H15BrO3/c1-3-17-13(15)6-4-5-10-7-8-11(14)9-12(10)16-2/h4-5,7-9H,3,6H2,1-2H3. The molecule has 1 aromatic carbocycles. The molecule has 0 saturated carbocycles. The van der Waals surface area contributed by atoms with Crippen LogP contribution in [0, 0.1) is 0 Å². The van der Waals surface area contributed by atoms with Crippen LogP contribution < -0.4 is 4.74 Å². The molecule has 0 atom stereocenters. The number of hydrogen-bond acceptors (Lipinski definition) is 3. The lowest BCUT2D eigenvalue weighted by atomic mass is 10.2. The summed E-state index contributed by atoms with van der Waals surface area (Å²) >= 11 is 3.37. The quantitative estimate of drug-likeness (QED) is 0.781. The second-order valence-corrected chi connectivity index (χ2v) is 4.21. The lowest BCUT2D eigenvalue weighted by Gasteiger charge is -2.04. The van der Waals surface area contributed by atoms with Crippen LogP contribution in [0.2, 0.25) is 0 Å². The molecule has 17 heavy (non-hydrogen) atoms. The highest BCUT2D eigenvalue weighted by molar-refractivity contribution is 9.10. The zero-order valence-corrected chi connectivity index (χ0v) is 11.5. The molecular formula is C13H15BrO3. The van der Waals surface area contributed by atoms with E-state index < -0.39 is 0 Å². The Hall–Kier alpha value is -1.29. The predicted octanol–water partition coefficient (Wildman–Crippen LogP) is 3.42. The largest absolute Gasteiger partial charge is 0.496 e. The number of esters is 1. The van der Waals surface area contributed by atoms with Crippen LogP contribution in [0.3, 0.4) is 0 Å². The summed E-state index contributed by atoms with van der Waals surface area (Å²) in [7, 11) is 1.62. The molecular weight excluding hydrogens is 284 g/mol. The molecule has 0 aliphatic carbocycles. The minimum Gasteiger partial charge on any atom is -0.496 e. The van der Waals surface area contributed by atoms with E-state index in [1.165, 1.54) is 0 Å². The van der Waals surface area contributed by atoms with E-state index in [1.807, 2.05) is 24.3 Å². The third-order valence-corrected chi connectivity index (χ3v) is 2.58. The Morgan fingerprint density at radius 3 is 2.88 bits per heavy atom. The van der Waals surface area contributed by atoms with E-state index in [-0.39, 0.29) is 12.4 Å². The Bertz CT molecular complexity index is 413. The van der Waals surface area contributed by atoms with Crippen molar-refractivity contribution in [3.05, 3.63) is 34.3 Å². The van der Waals surface area contributed by atoms with Gasteiger partial charge in [0.15, 0.2) is 0 Å². The molecule has 4 heteroatoms. The van der Waals surface area contributed by atoms with Gasteiger partial charge in [-0.1, -0.05) is 34.1 Å². The van der Waals surface area contributed by atoms with Crippen molar-refractivity contribution in [1.82, 2.24) is 0 Å². The first-order valence-corrected chi connectivity index (χ1v) is 6.12. The second-order valence-electron chi connectivity index (χ2n) is 3.30. The van der Waals surface area contributed by atoms with E-state index in [0.29, 0.717) is 6.61 Å². The summed E-state index contributed by atoms with van der Waals surface area (Å²) in [4.78, 5) is 11.1. The van der Waals surface area contributed by atoms with Gasteiger partial charge in [0.05, 0.1) is 20.1 Å². The number of halogens is 1. The molecule has 1 aromatic rings. The highest BCUT2D eigenvalue weighted by Crippen LogP contribution is 2.24. The SMILES string of the molecule is CCOC(=O)CC=Cc1ccc(Br)cc1OC. The van der Waals surface area contributed by atoms with E-state index in [9.17, 15) is 4.79 Å². The molecule has 3 nitrogen and oxygen atoms in total. The molecule has 0 N–H and O–H groups in total. The number of carbonyl (C=O) groups is 1. The minimum atomic E-state index is -0.222. The van der Waals surface area contributed by atoms with Gasteiger partial charge in [-0.25, -0.2) is 0 Å². The van der Waals surface area contributed by atoms with Crippen molar-refractivity contribution in [2.24, 2.45) is 0 Å². The summed E-state index contributed by atoms with van der Waals surface area (Å²) in [5.74, 6) is 0.541. The number of carbonyl (C=O) groups excluding carboxylic acids is 1. The molecule has 0 fully saturated rings. The van der Waals surface area contributed by atoms with E-state index in [2.05, 4.69) is 15.9 Å². The molecule has 0 aromatic heterocycles. The smallest absolute Gasteiger partial charge is 0.309 e. The van der Waals surface area contributed by atoms with Gasteiger partial charge in [-0.15, -0.1) is 0 Å². The van der Waals surface area contributed by atoms with Crippen molar-refractivity contribution in [1.29, 1.82) is 0 Å². The Kier molecular flexibility index (Phi) is 5.77. The third-order valence-electron chi connectivity index (χ3n) is 2.08. The lowest BCUT2D eigenvalue weighted by molar-refractivity contribution is -0.142. The topological polar surface area (TPSA) is 35.5 Å². The first-order chi connectivity index (χ1) is 8.17. The summed E-state index contributed by atoms with van der Waals surface area (Å²) in [6.45, 7) is 2.20. The highest BCUT2D eigenvalue weighted by atomic mass is 79.9. The Morgan fingerprint density at radius 1 is 1.47 bits per heavy atom. The van der Waals surface area contributed by atoms with Crippen LogP contribution in [0.15, 0.2) is 28.7 Å². The zero-order chi connectivity index (χ0) is 12.7. The molecule has 0 heterocycles. The molecule has 0 radical (unpaired) electrons. The summed E-state index contributed by atoms with van der Waals surface area (Å²) in [5, 5.41) is 0. The van der Waals surface area contributed by atoms with Gasteiger partial charge >= 0.3 is 5.97 Å². The number of hydrogen-bond donors (Lipinski definition) is 0. The number of benzene rings is 1. The molecule has 0 spiro atoms. The van der Waals surface area contributed by atoms with Crippen LogP contribution >= 0.6 is 15.9 Å². The van der Waals surface area contributed by atoms with Gasteiger partial charge in [0.1, 0.15) is 5.75 Å². The first kappa shape index (κ1) is 13.8. The number of rotatable bonds is 5. The van der Waals surface area contributed by atoms with Crippen molar-refractivity contribution in [2.45, 2.75) is 13.3 Å². The van der Waals surface area contributed by atoms with Gasteiger partial charge in [-0.2, -0.15) is 0 Å². The average molecular weight is 299 g/mol. The normalized spacial score (nSPS) is 10.5. The Morgan fingerprint density at radius 2 is 2.24 bits per heavy atom. The van der Waals surface area contributed by atoms with Crippen LogP contribution in [0.1, 0.15) is 18.9 Å². The van der Waals surface area contributed by atoms with E-state index in [4.69, 9.17) is 9.47 Å². The van der Waals surface area contributed by atoms with Gasteiger partial charge in [-0.3, -0.25) is 4.79 Å². The molecule has 0 saturated heterocycles. The molecule has 0 amide bonds. The monoisotopic (exact) mass is 298 g/mol. The average Bonchev–Trinajstić information content (AvgIpc) is 2.31. The molecule has 0 aliphatic rings. The van der Waals surface area contributed by atoms with E-state index in [1.54, 1.807) is 20.1 Å². The van der Waals surface area contributed by atoms with Crippen molar-refractivity contribution in [2.75, 3.05) is 13.7 Å². The fraction of sp³-hybridized carbons (Fsp3) is 0.308. The van der Waals surface area contributed by atoms with Crippen LogP contribution in [0.4, 0.5) is 0 Å². The van der Waals surface area contributed by atoms with Crippen molar-refractivity contribution < 1.29 is 14.3 Å². The molecule has 0 aliphatic heterocycles. The van der Waals surface area contributed by atoms with Crippen molar-refractivity contribution in [3.63, 3.8) is 0 Å². The fourth-order valence-electron chi connectivity index (χ4n) is 1.32. The minimum absolute atomic E-state index is 0.222. The van der Waals surface area contributed by atoms with Gasteiger partial charge in [-0.05, 0) is 19.1 Å². The van der Waals surface area contributed by atoms with Gasteiger partial charge in [0.2, 0.25) is 0 Å². The molecule has 0 bridgehead atoms. The highest BCUT2D eigenvalue weighted by Gasteiger charge is 2.01. The van der Waals surface area contributed by atoms with Crippen LogP contribution in [-0.4, -0.2) is 19.7 Å². The summed E-state index contributed by atoms with van der Waals surface area (Å²) in [6.07, 6.45) is 3.89. The number of ether oxygens (including phenoxy) is 2. The third kappa shape index (κ3) is 4.61. The molecule has 92 valence electrons. The zero-order valence-electron chi connectivity index (χ0n) is 9.90. The van der Waals surface area contributed by atoms with Crippen LogP contribution in [-0.2, 0) is 9.53 Å². The summed E-state index contributed by atoms with van der Waals surface area (Å²) in [5.41, 5.74) is 0.931. The molecule has 0 unspecified atom stereocenters.